The topological polar surface area (TPSA) is 67.4 Å². The van der Waals surface area contributed by atoms with E-state index in [1.54, 1.807) is 24.3 Å². The second kappa shape index (κ2) is 4.03. The van der Waals surface area contributed by atoms with Crippen molar-refractivity contribution in [3.8, 4) is 0 Å². The Balaban J connectivity index is 2.04. The third-order valence-electron chi connectivity index (χ3n) is 2.92. The van der Waals surface area contributed by atoms with Gasteiger partial charge in [0.05, 0.1) is 17.3 Å². The predicted octanol–water partition coefficient (Wildman–Crippen LogP) is 1.50. The molecule has 6 heteroatoms. The Morgan fingerprint density at radius 3 is 2.67 bits per heavy atom. The van der Waals surface area contributed by atoms with E-state index in [1.165, 1.54) is 0 Å². The first-order chi connectivity index (χ1) is 8.65. The van der Waals surface area contributed by atoms with E-state index in [-0.39, 0.29) is 12.6 Å². The molecule has 1 aromatic rings. The third kappa shape index (κ3) is 1.73. The van der Waals surface area contributed by atoms with Gasteiger partial charge >= 0.3 is 12.0 Å². The van der Waals surface area contributed by atoms with Crippen LogP contribution in [0.1, 0.15) is 11.6 Å². The number of halogens is 1. The molecule has 0 radical (unpaired) electrons. The van der Waals surface area contributed by atoms with Crippen LogP contribution in [0.2, 0.25) is 5.02 Å². The largest absolute Gasteiger partial charge is 0.456 e. The van der Waals surface area contributed by atoms with Gasteiger partial charge in [-0.05, 0) is 17.7 Å². The molecule has 0 fully saturated rings. The van der Waals surface area contributed by atoms with E-state index < -0.39 is 12.0 Å². The molecule has 5 nitrogen and oxygen atoms in total. The molecule has 1 atom stereocenters. The summed E-state index contributed by atoms with van der Waals surface area (Å²) in [7, 11) is 0. The lowest BCUT2D eigenvalue weighted by Crippen LogP contribution is -2.44. The highest BCUT2D eigenvalue weighted by Crippen LogP contribution is 2.31. The van der Waals surface area contributed by atoms with Gasteiger partial charge in [-0.3, -0.25) is 0 Å². The molecular formula is C12H9ClN2O3. The van der Waals surface area contributed by atoms with E-state index in [1.807, 2.05) is 0 Å². The van der Waals surface area contributed by atoms with Gasteiger partial charge < -0.3 is 15.4 Å². The molecule has 0 aliphatic carbocycles. The number of esters is 1. The maximum Gasteiger partial charge on any atom is 0.338 e. The van der Waals surface area contributed by atoms with E-state index in [0.717, 1.165) is 5.56 Å². The van der Waals surface area contributed by atoms with Gasteiger partial charge in [-0.1, -0.05) is 23.7 Å². The van der Waals surface area contributed by atoms with Crippen LogP contribution in [0.15, 0.2) is 35.5 Å². The maximum atomic E-state index is 11.7. The summed E-state index contributed by atoms with van der Waals surface area (Å²) in [6, 6.07) is 6.15. The monoisotopic (exact) mass is 264 g/mol. The van der Waals surface area contributed by atoms with Crippen molar-refractivity contribution >= 4 is 23.6 Å². The first-order valence-corrected chi connectivity index (χ1v) is 5.76. The van der Waals surface area contributed by atoms with Gasteiger partial charge in [0.1, 0.15) is 6.61 Å². The summed E-state index contributed by atoms with van der Waals surface area (Å²) in [5, 5.41) is 5.88. The molecule has 3 rings (SSSR count). The predicted molar refractivity (Wildman–Crippen MR) is 63.8 cm³/mol. The average molecular weight is 265 g/mol. The highest BCUT2D eigenvalue weighted by atomic mass is 35.5. The molecule has 0 bridgehead atoms. The number of amides is 2. The number of carbonyl (C=O) groups is 2. The van der Waals surface area contributed by atoms with Crippen molar-refractivity contribution in [2.75, 3.05) is 6.61 Å². The van der Waals surface area contributed by atoms with Crippen molar-refractivity contribution in [2.45, 2.75) is 6.04 Å². The molecule has 0 spiro atoms. The van der Waals surface area contributed by atoms with E-state index in [9.17, 15) is 9.59 Å². The quantitative estimate of drug-likeness (QED) is 0.756. The number of cyclic esters (lactones) is 1. The Hall–Kier alpha value is -2.01. The summed E-state index contributed by atoms with van der Waals surface area (Å²) >= 11 is 5.82. The summed E-state index contributed by atoms with van der Waals surface area (Å²) in [5.74, 6) is -0.405. The van der Waals surface area contributed by atoms with Crippen molar-refractivity contribution in [2.24, 2.45) is 0 Å². The summed E-state index contributed by atoms with van der Waals surface area (Å²) in [6.45, 7) is 0.117. The number of urea groups is 1. The molecule has 0 aromatic heterocycles. The van der Waals surface area contributed by atoms with Gasteiger partial charge in [-0.15, -0.1) is 0 Å². The minimum Gasteiger partial charge on any atom is -0.456 e. The molecule has 18 heavy (non-hydrogen) atoms. The Bertz CT molecular complexity index is 565. The Morgan fingerprint density at radius 1 is 1.22 bits per heavy atom. The first kappa shape index (κ1) is 11.1. The number of hydrogen-bond donors (Lipinski definition) is 2. The second-order valence-electron chi connectivity index (χ2n) is 4.05. The number of rotatable bonds is 1. The van der Waals surface area contributed by atoms with E-state index in [4.69, 9.17) is 16.3 Å². The van der Waals surface area contributed by atoms with Gasteiger partial charge in [0.25, 0.3) is 0 Å². The lowest BCUT2D eigenvalue weighted by Gasteiger charge is -2.24. The summed E-state index contributed by atoms with van der Waals surface area (Å²) in [6.07, 6.45) is 0. The van der Waals surface area contributed by atoms with Crippen molar-refractivity contribution < 1.29 is 14.3 Å². The normalized spacial score (nSPS) is 22.2. The van der Waals surface area contributed by atoms with E-state index in [2.05, 4.69) is 10.6 Å². The van der Waals surface area contributed by atoms with E-state index in [0.29, 0.717) is 16.3 Å². The molecule has 0 unspecified atom stereocenters. The van der Waals surface area contributed by atoms with Crippen molar-refractivity contribution in [3.63, 3.8) is 0 Å². The van der Waals surface area contributed by atoms with Crippen molar-refractivity contribution in [1.29, 1.82) is 0 Å². The SMILES string of the molecule is O=C1NC2=C(C(=O)OC2)[C@H](c2ccc(Cl)cc2)N1. The Morgan fingerprint density at radius 2 is 1.94 bits per heavy atom. The molecule has 2 amide bonds. The molecule has 2 aliphatic rings. The van der Waals surface area contributed by atoms with Gasteiger partial charge in [-0.2, -0.15) is 0 Å². The van der Waals surface area contributed by atoms with E-state index >= 15 is 0 Å². The number of nitrogens with one attached hydrogen (secondary N) is 2. The second-order valence-corrected chi connectivity index (χ2v) is 4.49. The van der Waals surface area contributed by atoms with Crippen LogP contribution in [0.3, 0.4) is 0 Å². The number of ether oxygens (including phenoxy) is 1. The van der Waals surface area contributed by atoms with Crippen molar-refractivity contribution in [1.82, 2.24) is 10.6 Å². The van der Waals surface area contributed by atoms with Crippen LogP contribution in [0.4, 0.5) is 4.79 Å². The first-order valence-electron chi connectivity index (χ1n) is 5.38. The molecule has 2 aliphatic heterocycles. The lowest BCUT2D eigenvalue weighted by molar-refractivity contribution is -0.136. The number of carbonyl (C=O) groups excluding carboxylic acids is 2. The fraction of sp³-hybridized carbons (Fsp3) is 0.167. The minimum absolute atomic E-state index is 0.117. The number of benzene rings is 1. The molecule has 0 saturated carbocycles. The molecular weight excluding hydrogens is 256 g/mol. The zero-order chi connectivity index (χ0) is 12.7. The highest BCUT2D eigenvalue weighted by molar-refractivity contribution is 6.30. The van der Waals surface area contributed by atoms with Crippen LogP contribution >= 0.6 is 11.6 Å². The summed E-state index contributed by atoms with van der Waals surface area (Å²) in [5.41, 5.74) is 1.78. The van der Waals surface area contributed by atoms with Crippen LogP contribution in [0.5, 0.6) is 0 Å². The van der Waals surface area contributed by atoms with Crippen LogP contribution in [-0.4, -0.2) is 18.6 Å². The average Bonchev–Trinajstić information content (AvgIpc) is 2.71. The highest BCUT2D eigenvalue weighted by Gasteiger charge is 2.37. The molecule has 0 saturated heterocycles. The Labute approximate surface area is 108 Å². The minimum atomic E-state index is -0.485. The maximum absolute atomic E-state index is 11.7. The van der Waals surface area contributed by atoms with Crippen LogP contribution in [0.25, 0.3) is 0 Å². The number of hydrogen-bond acceptors (Lipinski definition) is 3. The van der Waals surface area contributed by atoms with Crippen LogP contribution < -0.4 is 10.6 Å². The van der Waals surface area contributed by atoms with Crippen molar-refractivity contribution in [3.05, 3.63) is 46.1 Å². The molecule has 92 valence electrons. The molecule has 2 heterocycles. The smallest absolute Gasteiger partial charge is 0.338 e. The fourth-order valence-corrected chi connectivity index (χ4v) is 2.22. The summed E-state index contributed by atoms with van der Waals surface area (Å²) < 4.78 is 4.93. The Kier molecular flexibility index (Phi) is 2.48. The van der Waals surface area contributed by atoms with Gasteiger partial charge in [-0.25, -0.2) is 9.59 Å². The van der Waals surface area contributed by atoms with Gasteiger partial charge in [0.2, 0.25) is 0 Å². The zero-order valence-corrected chi connectivity index (χ0v) is 9.95. The molecule has 2 N–H and O–H groups in total. The van der Waals surface area contributed by atoms with Crippen LogP contribution in [0, 0.1) is 0 Å². The molecule has 1 aromatic carbocycles. The van der Waals surface area contributed by atoms with Gasteiger partial charge in [0, 0.05) is 5.02 Å². The zero-order valence-electron chi connectivity index (χ0n) is 9.20. The fourth-order valence-electron chi connectivity index (χ4n) is 2.09. The standard InChI is InChI=1S/C12H9ClN2O3/c13-7-3-1-6(2-4-7)10-9-8(5-18-11(9)16)14-12(17)15-10/h1-4,10H,5H2,(H2,14,15,17)/t10-/m0/s1. The lowest BCUT2D eigenvalue weighted by atomic mass is 9.96. The third-order valence-corrected chi connectivity index (χ3v) is 3.18. The van der Waals surface area contributed by atoms with Gasteiger partial charge in [0.15, 0.2) is 0 Å². The summed E-state index contributed by atoms with van der Waals surface area (Å²) in [4.78, 5) is 23.2. The van der Waals surface area contributed by atoms with Crippen LogP contribution in [-0.2, 0) is 9.53 Å².